The minimum atomic E-state index is -0.142. The summed E-state index contributed by atoms with van der Waals surface area (Å²) >= 11 is 0. The lowest BCUT2D eigenvalue weighted by Crippen LogP contribution is -2.31. The van der Waals surface area contributed by atoms with Crippen LogP contribution in [0.2, 0.25) is 0 Å². The van der Waals surface area contributed by atoms with Gasteiger partial charge in [0.15, 0.2) is 0 Å². The third-order valence-corrected chi connectivity index (χ3v) is 14.2. The van der Waals surface area contributed by atoms with Crippen LogP contribution in [-0.4, -0.2) is 6.04 Å². The monoisotopic (exact) mass is 773 g/mol. The first kappa shape index (κ1) is 40.4. The van der Waals surface area contributed by atoms with Gasteiger partial charge in [-0.15, -0.1) is 0 Å². The molecule has 0 heterocycles. The Morgan fingerprint density at radius 2 is 0.949 bits per heavy atom. The Morgan fingerprint density at radius 3 is 1.53 bits per heavy atom. The van der Waals surface area contributed by atoms with E-state index >= 15 is 0 Å². The highest BCUT2D eigenvalue weighted by atomic mass is 15.2. The lowest BCUT2D eigenvalue weighted by atomic mass is 9.72. The highest BCUT2D eigenvalue weighted by Crippen LogP contribution is 2.59. The number of fused-ring (bicyclic) bond motifs is 7. The second-order valence-corrected chi connectivity index (χ2v) is 19.2. The molecule has 0 radical (unpaired) electrons. The number of aryl methyl sites for hydroxylation is 7. The first-order valence-electron chi connectivity index (χ1n) is 21.7. The first-order chi connectivity index (χ1) is 27.9. The summed E-state index contributed by atoms with van der Waals surface area (Å²) in [5, 5.41) is 0. The molecule has 0 N–H and O–H groups in total. The molecule has 1 nitrogen and oxygen atoms in total. The predicted molar refractivity (Wildman–Crippen MR) is 255 cm³/mol. The fourth-order valence-electron chi connectivity index (χ4n) is 10.1. The van der Waals surface area contributed by atoms with Crippen LogP contribution in [-0.2, 0) is 17.3 Å². The summed E-state index contributed by atoms with van der Waals surface area (Å²) in [6, 6.07) is 40.0. The molecular formula is C58H63N. The van der Waals surface area contributed by atoms with Crippen LogP contribution in [0.4, 0.5) is 11.4 Å². The van der Waals surface area contributed by atoms with Crippen molar-refractivity contribution in [1.29, 1.82) is 0 Å². The van der Waals surface area contributed by atoms with Gasteiger partial charge in [-0.25, -0.2) is 0 Å². The summed E-state index contributed by atoms with van der Waals surface area (Å²) in [5.74, 6) is 0. The van der Waals surface area contributed by atoms with Gasteiger partial charge in [-0.05, 0) is 188 Å². The fourth-order valence-corrected chi connectivity index (χ4v) is 10.1. The minimum absolute atomic E-state index is 0.0998. The van der Waals surface area contributed by atoms with Gasteiger partial charge in [0, 0.05) is 22.2 Å². The number of allylic oxidation sites excluding steroid dienone is 2. The molecule has 0 spiro atoms. The molecule has 0 amide bonds. The van der Waals surface area contributed by atoms with E-state index in [9.17, 15) is 0 Å². The number of hydrogen-bond donors (Lipinski definition) is 0. The molecule has 9 rings (SSSR count). The van der Waals surface area contributed by atoms with Crippen molar-refractivity contribution >= 4 is 11.4 Å². The third-order valence-electron chi connectivity index (χ3n) is 14.2. The molecule has 0 fully saturated rings. The van der Waals surface area contributed by atoms with E-state index in [-0.39, 0.29) is 16.9 Å². The van der Waals surface area contributed by atoms with E-state index < -0.39 is 0 Å². The Balaban J connectivity index is 0.000000478. The van der Waals surface area contributed by atoms with Crippen LogP contribution in [0.25, 0.3) is 22.3 Å². The Hall–Kier alpha value is -5.40. The molecular weight excluding hydrogens is 711 g/mol. The van der Waals surface area contributed by atoms with E-state index in [2.05, 4.69) is 210 Å². The molecule has 3 aliphatic rings. The maximum atomic E-state index is 2.58. The second-order valence-electron chi connectivity index (χ2n) is 19.2. The molecule has 3 aliphatic carbocycles. The molecule has 0 aromatic heterocycles. The highest BCUT2D eigenvalue weighted by molar-refractivity contribution is 5.92. The van der Waals surface area contributed by atoms with Gasteiger partial charge in [0.1, 0.15) is 0 Å². The van der Waals surface area contributed by atoms with Crippen molar-refractivity contribution < 1.29 is 0 Å². The zero-order chi connectivity index (χ0) is 42.1. The van der Waals surface area contributed by atoms with Crippen LogP contribution in [0.3, 0.4) is 0 Å². The normalized spacial score (nSPS) is 16.5. The fraction of sp³-hybridized carbons (Fsp3) is 0.310. The number of hydrogen-bond acceptors (Lipinski definition) is 1. The predicted octanol–water partition coefficient (Wildman–Crippen LogP) is 15.5. The van der Waals surface area contributed by atoms with Crippen LogP contribution < -0.4 is 4.90 Å². The van der Waals surface area contributed by atoms with Gasteiger partial charge in [-0.3, -0.25) is 0 Å². The number of anilines is 2. The van der Waals surface area contributed by atoms with Gasteiger partial charge < -0.3 is 4.90 Å². The Morgan fingerprint density at radius 1 is 0.475 bits per heavy atom. The van der Waals surface area contributed by atoms with Crippen molar-refractivity contribution in [2.75, 3.05) is 4.90 Å². The zero-order valence-corrected chi connectivity index (χ0v) is 37.9. The van der Waals surface area contributed by atoms with Crippen LogP contribution >= 0.6 is 0 Å². The summed E-state index contributed by atoms with van der Waals surface area (Å²) in [6.07, 6.45) is 6.72. The minimum Gasteiger partial charge on any atom is -0.334 e. The largest absolute Gasteiger partial charge is 0.334 e. The number of benzene rings is 6. The number of nitrogens with zero attached hydrogens (tertiary/aromatic N) is 1. The van der Waals surface area contributed by atoms with E-state index in [1.54, 1.807) is 0 Å². The van der Waals surface area contributed by atoms with Crippen molar-refractivity contribution in [3.8, 4) is 22.3 Å². The maximum Gasteiger partial charge on any atom is 0.0562 e. The van der Waals surface area contributed by atoms with E-state index in [0.29, 0.717) is 0 Å². The van der Waals surface area contributed by atoms with Crippen molar-refractivity contribution in [3.63, 3.8) is 0 Å². The Labute approximate surface area is 355 Å². The summed E-state index contributed by atoms with van der Waals surface area (Å²) in [7, 11) is 0. The first-order valence-corrected chi connectivity index (χ1v) is 21.7. The van der Waals surface area contributed by atoms with Gasteiger partial charge in [0.25, 0.3) is 0 Å². The van der Waals surface area contributed by atoms with Crippen molar-refractivity contribution in [1.82, 2.24) is 0 Å². The van der Waals surface area contributed by atoms with E-state index in [1.807, 2.05) is 0 Å². The van der Waals surface area contributed by atoms with Gasteiger partial charge >= 0.3 is 0 Å². The van der Waals surface area contributed by atoms with Gasteiger partial charge in [-0.1, -0.05) is 135 Å². The second kappa shape index (κ2) is 15.0. The summed E-state index contributed by atoms with van der Waals surface area (Å²) in [5.41, 5.74) is 28.9. The van der Waals surface area contributed by atoms with Gasteiger partial charge in [-0.2, -0.15) is 0 Å². The molecule has 0 saturated carbocycles. The quantitative estimate of drug-likeness (QED) is 0.169. The van der Waals surface area contributed by atoms with Crippen molar-refractivity contribution in [2.45, 2.75) is 120 Å². The van der Waals surface area contributed by atoms with E-state index in [4.69, 9.17) is 0 Å². The van der Waals surface area contributed by atoms with Crippen LogP contribution in [0, 0.1) is 48.5 Å². The zero-order valence-electron chi connectivity index (χ0n) is 37.9. The Kier molecular flexibility index (Phi) is 10.3. The van der Waals surface area contributed by atoms with Crippen molar-refractivity contribution in [2.24, 2.45) is 0 Å². The molecule has 0 bridgehead atoms. The lowest BCUT2D eigenvalue weighted by molar-refractivity contribution is 0.600. The molecule has 6 aromatic carbocycles. The maximum absolute atomic E-state index is 2.58. The van der Waals surface area contributed by atoms with Crippen molar-refractivity contribution in [3.05, 3.63) is 199 Å². The van der Waals surface area contributed by atoms with E-state index in [1.165, 1.54) is 117 Å². The summed E-state index contributed by atoms with van der Waals surface area (Å²) < 4.78 is 0. The molecule has 300 valence electrons. The Bertz CT molecular complexity index is 2710. The van der Waals surface area contributed by atoms with Crippen LogP contribution in [0.1, 0.15) is 120 Å². The average molecular weight is 774 g/mol. The summed E-state index contributed by atoms with van der Waals surface area (Å²) in [6.45, 7) is 29.6. The van der Waals surface area contributed by atoms with Gasteiger partial charge in [0.05, 0.1) is 6.04 Å². The standard InChI is InChI=1S/C49H51N.C9H12/c1-29-11-14-35(23-32(29)4)26-36-15-19-40-42-21-22-43-41-20-18-39(28-45(41)49(9,10)47(43)46(42)48(7,8)44(40)27-36)50(37-16-12-30(2)33(5)24-37)38-17-13-31(3)34(6)25-38;1-7-4-5-8(2)9(3)6-7/h11-24,27-28,38H,25-26H2,1-10H3;4-6H,1-3H3. The third kappa shape index (κ3) is 7.11. The summed E-state index contributed by atoms with van der Waals surface area (Å²) in [4.78, 5) is 2.58. The molecule has 6 aromatic rings. The average Bonchev–Trinajstić information content (AvgIpc) is 3.56. The molecule has 1 atom stereocenters. The SMILES string of the molecule is CC1=C(C)CC(N(c2ccc(C)c(C)c2)c2ccc3c(c2)C(C)(C)c2c-3ccc3c2C(C)(C)c2cc(Cc4ccc(C)c(C)c4)ccc2-3)C=C1.Cc1ccc(C)c(C)c1. The highest BCUT2D eigenvalue weighted by Gasteiger charge is 2.46. The van der Waals surface area contributed by atoms with Crippen LogP contribution in [0.15, 0.2) is 126 Å². The molecule has 0 saturated heterocycles. The lowest BCUT2D eigenvalue weighted by Gasteiger charge is -2.36. The molecule has 1 unspecified atom stereocenters. The van der Waals surface area contributed by atoms with Gasteiger partial charge in [0.2, 0.25) is 0 Å². The van der Waals surface area contributed by atoms with Crippen LogP contribution in [0.5, 0.6) is 0 Å². The molecule has 59 heavy (non-hydrogen) atoms. The smallest absolute Gasteiger partial charge is 0.0562 e. The molecule has 0 aliphatic heterocycles. The number of rotatable bonds is 5. The van der Waals surface area contributed by atoms with E-state index in [0.717, 1.165) is 12.8 Å². The topological polar surface area (TPSA) is 3.24 Å². The molecule has 1 heteroatoms.